The van der Waals surface area contributed by atoms with Crippen molar-refractivity contribution in [3.8, 4) is 0 Å². The first-order chi connectivity index (χ1) is 11.2. The van der Waals surface area contributed by atoms with Gasteiger partial charge in [0.25, 0.3) is 5.91 Å². The molecule has 1 aliphatic rings. The van der Waals surface area contributed by atoms with Crippen LogP contribution in [0.25, 0.3) is 21.8 Å². The Hall–Kier alpha value is -2.40. The van der Waals surface area contributed by atoms with Gasteiger partial charge in [-0.1, -0.05) is 18.2 Å². The third kappa shape index (κ3) is 2.19. The summed E-state index contributed by atoms with van der Waals surface area (Å²) in [7, 11) is 3.50. The van der Waals surface area contributed by atoms with E-state index in [1.807, 2.05) is 18.3 Å². The maximum atomic E-state index is 12.2. The lowest BCUT2D eigenvalue weighted by molar-refractivity contribution is 0.0822. The lowest BCUT2D eigenvalue weighted by Gasteiger charge is -2.14. The fraction of sp³-hybridized carbons (Fsp3) is 0.333. The number of fused-ring (bicyclic) bond motifs is 3. The molecule has 118 valence electrons. The van der Waals surface area contributed by atoms with Crippen LogP contribution < -0.4 is 5.32 Å². The summed E-state index contributed by atoms with van der Waals surface area (Å²) in [5.41, 5.74) is 2.82. The number of nitrogens with one attached hydrogen (secondary N) is 1. The van der Waals surface area contributed by atoms with Gasteiger partial charge >= 0.3 is 0 Å². The normalized spacial score (nSPS) is 17.9. The molecule has 1 aromatic carbocycles. The Morgan fingerprint density at radius 1 is 1.26 bits per heavy atom. The first kappa shape index (κ1) is 14.2. The summed E-state index contributed by atoms with van der Waals surface area (Å²) in [5, 5.41) is 5.72. The van der Waals surface area contributed by atoms with E-state index in [1.54, 1.807) is 19.0 Å². The van der Waals surface area contributed by atoms with Gasteiger partial charge in [-0.05, 0) is 25.1 Å². The Morgan fingerprint density at radius 2 is 2.09 bits per heavy atom. The van der Waals surface area contributed by atoms with Crippen LogP contribution in [0.2, 0.25) is 0 Å². The van der Waals surface area contributed by atoms with Gasteiger partial charge in [-0.25, -0.2) is 4.98 Å². The SMILES string of the molecule is CN(C)C(=O)c1cc2c3ccccc3n(C3CCNC3)c2cn1. The second-order valence-corrected chi connectivity index (χ2v) is 6.32. The van der Waals surface area contributed by atoms with Crippen molar-refractivity contribution in [2.24, 2.45) is 0 Å². The van der Waals surface area contributed by atoms with E-state index in [4.69, 9.17) is 0 Å². The molecule has 1 fully saturated rings. The number of hydrogen-bond donors (Lipinski definition) is 1. The minimum atomic E-state index is -0.0636. The van der Waals surface area contributed by atoms with E-state index in [2.05, 4.69) is 33.1 Å². The fourth-order valence-corrected chi connectivity index (χ4v) is 3.50. The highest BCUT2D eigenvalue weighted by Crippen LogP contribution is 2.33. The lowest BCUT2D eigenvalue weighted by Crippen LogP contribution is -2.22. The van der Waals surface area contributed by atoms with Gasteiger partial charge in [0.1, 0.15) is 5.69 Å². The number of para-hydroxylation sites is 1. The van der Waals surface area contributed by atoms with Crippen molar-refractivity contribution in [2.45, 2.75) is 12.5 Å². The van der Waals surface area contributed by atoms with Gasteiger partial charge in [0.15, 0.2) is 0 Å². The highest BCUT2D eigenvalue weighted by Gasteiger charge is 2.22. The van der Waals surface area contributed by atoms with E-state index in [0.29, 0.717) is 11.7 Å². The van der Waals surface area contributed by atoms with Crippen LogP contribution in [0.4, 0.5) is 0 Å². The highest BCUT2D eigenvalue weighted by molar-refractivity contribution is 6.09. The van der Waals surface area contributed by atoms with E-state index < -0.39 is 0 Å². The molecule has 0 aliphatic carbocycles. The molecule has 23 heavy (non-hydrogen) atoms. The van der Waals surface area contributed by atoms with Crippen LogP contribution in [0.3, 0.4) is 0 Å². The molecule has 1 N–H and O–H groups in total. The molecular weight excluding hydrogens is 288 g/mol. The Kier molecular flexibility index (Phi) is 3.31. The summed E-state index contributed by atoms with van der Waals surface area (Å²) in [6.07, 6.45) is 2.97. The maximum absolute atomic E-state index is 12.2. The van der Waals surface area contributed by atoms with Crippen molar-refractivity contribution in [1.29, 1.82) is 0 Å². The molecule has 5 heteroatoms. The van der Waals surface area contributed by atoms with Crippen molar-refractivity contribution in [1.82, 2.24) is 19.8 Å². The quantitative estimate of drug-likeness (QED) is 0.791. The molecule has 3 aromatic rings. The molecule has 1 unspecified atom stereocenters. The maximum Gasteiger partial charge on any atom is 0.271 e. The zero-order valence-electron chi connectivity index (χ0n) is 13.4. The van der Waals surface area contributed by atoms with E-state index in [9.17, 15) is 4.79 Å². The highest BCUT2D eigenvalue weighted by atomic mass is 16.2. The van der Waals surface area contributed by atoms with Crippen LogP contribution in [0.15, 0.2) is 36.5 Å². The van der Waals surface area contributed by atoms with E-state index in [1.165, 1.54) is 10.9 Å². The molecule has 0 bridgehead atoms. The average molecular weight is 308 g/mol. The summed E-state index contributed by atoms with van der Waals surface area (Å²) in [6.45, 7) is 2.02. The molecule has 1 atom stereocenters. The molecular formula is C18H20N4O. The van der Waals surface area contributed by atoms with Crippen molar-refractivity contribution in [3.05, 3.63) is 42.2 Å². The number of carbonyl (C=O) groups excluding carboxylic acids is 1. The Bertz CT molecular complexity index is 891. The number of nitrogens with zero attached hydrogens (tertiary/aromatic N) is 3. The summed E-state index contributed by atoms with van der Waals surface area (Å²) in [4.78, 5) is 18.2. The number of pyridine rings is 1. The Balaban J connectivity index is 1.99. The predicted molar refractivity (Wildman–Crippen MR) is 91.8 cm³/mol. The zero-order chi connectivity index (χ0) is 16.0. The van der Waals surface area contributed by atoms with Gasteiger partial charge in [-0.3, -0.25) is 4.79 Å². The molecule has 0 saturated carbocycles. The van der Waals surface area contributed by atoms with Crippen LogP contribution >= 0.6 is 0 Å². The number of rotatable bonds is 2. The first-order valence-corrected chi connectivity index (χ1v) is 7.98. The molecule has 1 aliphatic heterocycles. The average Bonchev–Trinajstić information content (AvgIpc) is 3.18. The minimum absolute atomic E-state index is 0.0636. The molecule has 4 rings (SSSR count). The number of hydrogen-bond acceptors (Lipinski definition) is 3. The molecule has 1 saturated heterocycles. The largest absolute Gasteiger partial charge is 0.343 e. The van der Waals surface area contributed by atoms with E-state index in [0.717, 1.165) is 30.4 Å². The third-order valence-electron chi connectivity index (χ3n) is 4.62. The summed E-state index contributed by atoms with van der Waals surface area (Å²) >= 11 is 0. The van der Waals surface area contributed by atoms with Gasteiger partial charge in [0, 0.05) is 43.0 Å². The third-order valence-corrected chi connectivity index (χ3v) is 4.62. The predicted octanol–water partition coefficient (Wildman–Crippen LogP) is 2.43. The van der Waals surface area contributed by atoms with Crippen molar-refractivity contribution >= 4 is 27.7 Å². The molecule has 2 aromatic heterocycles. The Labute approximate surface area is 134 Å². The summed E-state index contributed by atoms with van der Waals surface area (Å²) in [6, 6.07) is 10.8. The topological polar surface area (TPSA) is 50.2 Å². The zero-order valence-corrected chi connectivity index (χ0v) is 13.4. The number of benzene rings is 1. The van der Waals surface area contributed by atoms with E-state index >= 15 is 0 Å². The fourth-order valence-electron chi connectivity index (χ4n) is 3.50. The van der Waals surface area contributed by atoms with Crippen molar-refractivity contribution in [3.63, 3.8) is 0 Å². The molecule has 0 radical (unpaired) electrons. The summed E-state index contributed by atoms with van der Waals surface area (Å²) < 4.78 is 2.38. The first-order valence-electron chi connectivity index (χ1n) is 7.98. The number of carbonyl (C=O) groups is 1. The van der Waals surface area contributed by atoms with Crippen molar-refractivity contribution in [2.75, 3.05) is 27.2 Å². The van der Waals surface area contributed by atoms with Crippen LogP contribution in [0.1, 0.15) is 23.0 Å². The van der Waals surface area contributed by atoms with Crippen LogP contribution in [0, 0.1) is 0 Å². The Morgan fingerprint density at radius 3 is 2.83 bits per heavy atom. The van der Waals surface area contributed by atoms with Gasteiger partial charge in [-0.15, -0.1) is 0 Å². The molecule has 3 heterocycles. The van der Waals surface area contributed by atoms with E-state index in [-0.39, 0.29) is 5.91 Å². The van der Waals surface area contributed by atoms with Crippen LogP contribution in [-0.2, 0) is 0 Å². The molecule has 0 spiro atoms. The number of aromatic nitrogens is 2. The van der Waals surface area contributed by atoms with Crippen LogP contribution in [0.5, 0.6) is 0 Å². The summed E-state index contributed by atoms with van der Waals surface area (Å²) in [5.74, 6) is -0.0636. The molecule has 1 amide bonds. The van der Waals surface area contributed by atoms with Gasteiger partial charge < -0.3 is 14.8 Å². The standard InChI is InChI=1S/C18H20N4O/c1-21(2)18(23)15-9-14-13-5-3-4-6-16(13)22(17(14)11-20-15)12-7-8-19-10-12/h3-6,9,11-12,19H,7-8,10H2,1-2H3. The smallest absolute Gasteiger partial charge is 0.271 e. The van der Waals surface area contributed by atoms with Crippen molar-refractivity contribution < 1.29 is 4.79 Å². The second-order valence-electron chi connectivity index (χ2n) is 6.32. The van der Waals surface area contributed by atoms with Gasteiger partial charge in [0.05, 0.1) is 11.7 Å². The van der Waals surface area contributed by atoms with Crippen LogP contribution in [-0.4, -0.2) is 47.5 Å². The molecule has 5 nitrogen and oxygen atoms in total. The monoisotopic (exact) mass is 308 g/mol. The minimum Gasteiger partial charge on any atom is -0.343 e. The van der Waals surface area contributed by atoms with Gasteiger partial charge in [-0.2, -0.15) is 0 Å². The van der Waals surface area contributed by atoms with Gasteiger partial charge in [0.2, 0.25) is 0 Å². The second kappa shape index (κ2) is 5.35. The number of amides is 1. The lowest BCUT2D eigenvalue weighted by atomic mass is 10.1.